The molecule has 3 rings (SSSR count). The summed E-state index contributed by atoms with van der Waals surface area (Å²) in [6.07, 6.45) is 2.28. The van der Waals surface area contributed by atoms with Gasteiger partial charge in [0.05, 0.1) is 0 Å². The van der Waals surface area contributed by atoms with E-state index in [-0.39, 0.29) is 23.7 Å². The van der Waals surface area contributed by atoms with Crippen LogP contribution in [-0.2, 0) is 9.59 Å². The highest BCUT2D eigenvalue weighted by atomic mass is 35.5. The third kappa shape index (κ3) is 3.05. The second kappa shape index (κ2) is 5.68. The van der Waals surface area contributed by atoms with Gasteiger partial charge in [0.2, 0.25) is 11.8 Å². The molecule has 1 heterocycles. The minimum atomic E-state index is -0.245. The highest BCUT2D eigenvalue weighted by Crippen LogP contribution is 2.49. The molecule has 1 saturated heterocycles. The number of carbonyl (C=O) groups is 2. The molecule has 21 heavy (non-hydrogen) atoms. The van der Waals surface area contributed by atoms with Crippen molar-refractivity contribution in [3.63, 3.8) is 0 Å². The summed E-state index contributed by atoms with van der Waals surface area (Å²) in [5.74, 6) is 0.267. The summed E-state index contributed by atoms with van der Waals surface area (Å²) in [6.45, 7) is 1.29. The average molecular weight is 307 g/mol. The maximum atomic E-state index is 12.5. The van der Waals surface area contributed by atoms with Crippen LogP contribution < -0.4 is 5.73 Å². The van der Waals surface area contributed by atoms with Gasteiger partial charge in [0.15, 0.2) is 0 Å². The Morgan fingerprint density at radius 3 is 2.57 bits per heavy atom. The number of amides is 2. The van der Waals surface area contributed by atoms with E-state index >= 15 is 0 Å². The topological polar surface area (TPSA) is 63.4 Å². The third-order valence-corrected chi connectivity index (χ3v) is 4.83. The number of piperidine rings is 1. The van der Waals surface area contributed by atoms with Crippen LogP contribution in [0.4, 0.5) is 0 Å². The monoisotopic (exact) mass is 306 g/mol. The Labute approximate surface area is 129 Å². The first-order valence-corrected chi connectivity index (χ1v) is 7.77. The lowest BCUT2D eigenvalue weighted by molar-refractivity contribution is -0.136. The SMILES string of the molecule is NC(=O)C1CCN(C(=O)C2CC2c2cccc(Cl)c2)CC1. The predicted octanol–water partition coefficient (Wildman–Crippen LogP) is 2.17. The van der Waals surface area contributed by atoms with Crippen LogP contribution in [0.1, 0.15) is 30.7 Å². The third-order valence-electron chi connectivity index (χ3n) is 4.59. The van der Waals surface area contributed by atoms with E-state index in [4.69, 9.17) is 17.3 Å². The van der Waals surface area contributed by atoms with E-state index < -0.39 is 0 Å². The molecule has 0 bridgehead atoms. The summed E-state index contributed by atoms with van der Waals surface area (Å²) in [7, 11) is 0. The van der Waals surface area contributed by atoms with E-state index in [0.717, 1.165) is 12.0 Å². The Kier molecular flexibility index (Phi) is 3.89. The summed E-state index contributed by atoms with van der Waals surface area (Å²) in [5, 5.41) is 0.716. The van der Waals surface area contributed by atoms with E-state index in [1.54, 1.807) is 0 Å². The molecule has 0 aromatic heterocycles. The zero-order chi connectivity index (χ0) is 15.0. The molecule has 2 fully saturated rings. The first kappa shape index (κ1) is 14.4. The summed E-state index contributed by atoms with van der Waals surface area (Å²) in [5.41, 5.74) is 6.46. The van der Waals surface area contributed by atoms with Crippen molar-refractivity contribution in [3.8, 4) is 0 Å². The number of nitrogens with two attached hydrogens (primary N) is 1. The van der Waals surface area contributed by atoms with Crippen LogP contribution in [0, 0.1) is 11.8 Å². The molecule has 2 aliphatic rings. The van der Waals surface area contributed by atoms with E-state index in [2.05, 4.69) is 0 Å². The van der Waals surface area contributed by atoms with Gasteiger partial charge in [0.25, 0.3) is 0 Å². The Balaban J connectivity index is 1.57. The maximum absolute atomic E-state index is 12.5. The van der Waals surface area contributed by atoms with Crippen LogP contribution in [-0.4, -0.2) is 29.8 Å². The highest BCUT2D eigenvalue weighted by Gasteiger charge is 2.46. The first-order chi connectivity index (χ1) is 10.1. The smallest absolute Gasteiger partial charge is 0.226 e. The lowest BCUT2D eigenvalue weighted by atomic mass is 9.96. The summed E-state index contributed by atoms with van der Waals surface area (Å²) in [6, 6.07) is 7.75. The van der Waals surface area contributed by atoms with Crippen molar-refractivity contribution < 1.29 is 9.59 Å². The second-order valence-corrected chi connectivity index (χ2v) is 6.44. The van der Waals surface area contributed by atoms with Crippen molar-refractivity contribution in [1.29, 1.82) is 0 Å². The molecule has 4 nitrogen and oxygen atoms in total. The molecule has 2 amide bonds. The van der Waals surface area contributed by atoms with Gasteiger partial charge in [0, 0.05) is 29.9 Å². The quantitative estimate of drug-likeness (QED) is 0.930. The molecule has 112 valence electrons. The number of nitrogens with zero attached hydrogens (tertiary/aromatic N) is 1. The van der Waals surface area contributed by atoms with Crippen molar-refractivity contribution in [2.24, 2.45) is 17.6 Å². The zero-order valence-corrected chi connectivity index (χ0v) is 12.6. The van der Waals surface area contributed by atoms with E-state index in [1.807, 2.05) is 29.2 Å². The molecule has 0 spiro atoms. The molecule has 5 heteroatoms. The summed E-state index contributed by atoms with van der Waals surface area (Å²) in [4.78, 5) is 25.5. The molecule has 1 aliphatic carbocycles. The minimum Gasteiger partial charge on any atom is -0.369 e. The molecular formula is C16H19ClN2O2. The number of halogens is 1. The molecular weight excluding hydrogens is 288 g/mol. The van der Waals surface area contributed by atoms with Crippen LogP contribution >= 0.6 is 11.6 Å². The van der Waals surface area contributed by atoms with Gasteiger partial charge in [-0.3, -0.25) is 9.59 Å². The lowest BCUT2D eigenvalue weighted by Crippen LogP contribution is -2.42. The number of rotatable bonds is 3. The molecule has 1 saturated carbocycles. The van der Waals surface area contributed by atoms with Crippen LogP contribution in [0.25, 0.3) is 0 Å². The maximum Gasteiger partial charge on any atom is 0.226 e. The fraction of sp³-hybridized carbons (Fsp3) is 0.500. The number of carbonyl (C=O) groups excluding carboxylic acids is 2. The van der Waals surface area contributed by atoms with E-state index in [0.29, 0.717) is 36.9 Å². The Morgan fingerprint density at radius 2 is 1.95 bits per heavy atom. The van der Waals surface area contributed by atoms with Crippen molar-refractivity contribution >= 4 is 23.4 Å². The van der Waals surface area contributed by atoms with Crippen molar-refractivity contribution in [1.82, 2.24) is 4.90 Å². The zero-order valence-electron chi connectivity index (χ0n) is 11.8. The van der Waals surface area contributed by atoms with Crippen molar-refractivity contribution in [3.05, 3.63) is 34.9 Å². The Hall–Kier alpha value is -1.55. The van der Waals surface area contributed by atoms with Crippen LogP contribution in [0.5, 0.6) is 0 Å². The van der Waals surface area contributed by atoms with Gasteiger partial charge in [-0.2, -0.15) is 0 Å². The molecule has 2 N–H and O–H groups in total. The lowest BCUT2D eigenvalue weighted by Gasteiger charge is -2.30. The standard InChI is InChI=1S/C16H19ClN2O2/c17-12-3-1-2-11(8-12)13-9-14(13)16(21)19-6-4-10(5-7-19)15(18)20/h1-3,8,10,13-14H,4-7,9H2,(H2,18,20). The summed E-state index contributed by atoms with van der Waals surface area (Å²) < 4.78 is 0. The normalized spacial score (nSPS) is 25.7. The fourth-order valence-electron chi connectivity index (χ4n) is 3.19. The largest absolute Gasteiger partial charge is 0.369 e. The number of hydrogen-bond acceptors (Lipinski definition) is 2. The first-order valence-electron chi connectivity index (χ1n) is 7.40. The van der Waals surface area contributed by atoms with Crippen LogP contribution in [0.15, 0.2) is 24.3 Å². The van der Waals surface area contributed by atoms with Gasteiger partial charge in [-0.25, -0.2) is 0 Å². The molecule has 2 unspecified atom stereocenters. The molecule has 1 aliphatic heterocycles. The molecule has 1 aromatic carbocycles. The van der Waals surface area contributed by atoms with Gasteiger partial charge in [-0.15, -0.1) is 0 Å². The van der Waals surface area contributed by atoms with Crippen LogP contribution in [0.2, 0.25) is 5.02 Å². The number of likely N-dealkylation sites (tertiary alicyclic amines) is 1. The van der Waals surface area contributed by atoms with Gasteiger partial charge in [-0.05, 0) is 42.9 Å². The number of hydrogen-bond donors (Lipinski definition) is 1. The van der Waals surface area contributed by atoms with E-state index in [9.17, 15) is 9.59 Å². The Morgan fingerprint density at radius 1 is 1.24 bits per heavy atom. The predicted molar refractivity (Wildman–Crippen MR) is 80.8 cm³/mol. The summed E-state index contributed by atoms with van der Waals surface area (Å²) >= 11 is 6.00. The number of benzene rings is 1. The van der Waals surface area contributed by atoms with Gasteiger partial charge < -0.3 is 10.6 Å². The second-order valence-electron chi connectivity index (χ2n) is 6.01. The Bertz CT molecular complexity index is 567. The van der Waals surface area contributed by atoms with Crippen molar-refractivity contribution in [2.75, 3.05) is 13.1 Å². The van der Waals surface area contributed by atoms with Crippen molar-refractivity contribution in [2.45, 2.75) is 25.2 Å². The minimum absolute atomic E-state index is 0.0722. The van der Waals surface area contributed by atoms with Gasteiger partial charge >= 0.3 is 0 Å². The fourth-order valence-corrected chi connectivity index (χ4v) is 3.39. The van der Waals surface area contributed by atoms with Gasteiger partial charge in [0.1, 0.15) is 0 Å². The molecule has 2 atom stereocenters. The van der Waals surface area contributed by atoms with E-state index in [1.165, 1.54) is 0 Å². The highest BCUT2D eigenvalue weighted by molar-refractivity contribution is 6.30. The van der Waals surface area contributed by atoms with Crippen LogP contribution in [0.3, 0.4) is 0 Å². The average Bonchev–Trinajstić information content (AvgIpc) is 3.27. The molecule has 1 aromatic rings. The van der Waals surface area contributed by atoms with Gasteiger partial charge in [-0.1, -0.05) is 23.7 Å². The molecule has 0 radical (unpaired) electrons. The number of primary amides is 1.